The fourth-order valence-electron chi connectivity index (χ4n) is 2.79. The minimum Gasteiger partial charge on any atom is -0.462 e. The van der Waals surface area contributed by atoms with Crippen molar-refractivity contribution >= 4 is 40.3 Å². The summed E-state index contributed by atoms with van der Waals surface area (Å²) in [4.78, 5) is 45.6. The number of non-ortho nitro benzene ring substituents is 1. The maximum absolute atomic E-state index is 12.5. The molecule has 0 spiro atoms. The second kappa shape index (κ2) is 8.82. The predicted molar refractivity (Wildman–Crippen MR) is 109 cm³/mol. The average Bonchev–Trinajstić information content (AvgIpc) is 3.09. The van der Waals surface area contributed by atoms with E-state index in [-0.39, 0.29) is 29.3 Å². The number of nitrogens with zero attached hydrogens (tertiary/aromatic N) is 3. The lowest BCUT2D eigenvalue weighted by atomic mass is 10.1. The molecular weight excluding hydrogens is 410 g/mol. The largest absolute Gasteiger partial charge is 0.462 e. The Labute approximate surface area is 174 Å². The molecule has 0 saturated carbocycles. The molecule has 0 fully saturated rings. The Morgan fingerprint density at radius 3 is 2.45 bits per heavy atom. The van der Waals surface area contributed by atoms with Gasteiger partial charge in [0.25, 0.3) is 11.6 Å². The minimum absolute atomic E-state index is 0.0487. The Balaban J connectivity index is 2.05. The van der Waals surface area contributed by atoms with E-state index in [0.717, 1.165) is 18.2 Å². The van der Waals surface area contributed by atoms with Crippen molar-refractivity contribution in [1.29, 1.82) is 0 Å². The number of amides is 1. The highest BCUT2D eigenvalue weighted by Crippen LogP contribution is 2.30. The second-order valence-corrected chi connectivity index (χ2v) is 6.08. The molecule has 3 rings (SSSR count). The van der Waals surface area contributed by atoms with Gasteiger partial charge in [0.2, 0.25) is 0 Å². The summed E-state index contributed by atoms with van der Waals surface area (Å²) in [5.41, 5.74) is 1.27. The van der Waals surface area contributed by atoms with E-state index in [9.17, 15) is 29.8 Å². The zero-order valence-corrected chi connectivity index (χ0v) is 16.0. The lowest BCUT2D eigenvalue weighted by Crippen LogP contribution is -2.24. The van der Waals surface area contributed by atoms with Crippen molar-refractivity contribution in [3.8, 4) is 0 Å². The molecule has 2 aromatic carbocycles. The topological polar surface area (TPSA) is 166 Å². The van der Waals surface area contributed by atoms with Crippen molar-refractivity contribution in [2.24, 2.45) is 5.10 Å². The molecule has 1 heterocycles. The van der Waals surface area contributed by atoms with Crippen LogP contribution in [0, 0.1) is 20.2 Å². The van der Waals surface area contributed by atoms with Crippen LogP contribution < -0.4 is 10.7 Å². The van der Waals surface area contributed by atoms with Gasteiger partial charge in [-0.05, 0) is 18.6 Å². The first-order chi connectivity index (χ1) is 14.8. The maximum Gasteiger partial charge on any atom is 0.342 e. The highest BCUT2D eigenvalue weighted by molar-refractivity contribution is 6.56. The number of anilines is 1. The van der Waals surface area contributed by atoms with Gasteiger partial charge < -0.3 is 10.1 Å². The summed E-state index contributed by atoms with van der Waals surface area (Å²) in [6, 6.07) is 11.4. The SMILES string of the molecule is CCOC(=O)C1=C(c2ccccc2)NC(=O)/C1=N\Nc1ccc([N+](=O)[O-])cc1[N+](=O)[O-]. The number of benzene rings is 2. The van der Waals surface area contributed by atoms with Crippen LogP contribution in [0.1, 0.15) is 12.5 Å². The van der Waals surface area contributed by atoms with E-state index < -0.39 is 33.1 Å². The molecule has 0 unspecified atom stereocenters. The molecule has 12 nitrogen and oxygen atoms in total. The number of nitrogens with one attached hydrogen (secondary N) is 2. The smallest absolute Gasteiger partial charge is 0.342 e. The summed E-state index contributed by atoms with van der Waals surface area (Å²) in [5, 5.41) is 28.6. The summed E-state index contributed by atoms with van der Waals surface area (Å²) < 4.78 is 5.03. The number of ether oxygens (including phenoxy) is 1. The average molecular weight is 425 g/mol. The molecule has 1 aliphatic heterocycles. The van der Waals surface area contributed by atoms with Crippen LogP contribution in [0.25, 0.3) is 5.70 Å². The van der Waals surface area contributed by atoms with Crippen molar-refractivity contribution < 1.29 is 24.2 Å². The van der Waals surface area contributed by atoms with Crippen LogP contribution in [0.4, 0.5) is 17.1 Å². The van der Waals surface area contributed by atoms with Gasteiger partial charge in [0.05, 0.1) is 28.2 Å². The van der Waals surface area contributed by atoms with Crippen molar-refractivity contribution in [1.82, 2.24) is 5.32 Å². The summed E-state index contributed by atoms with van der Waals surface area (Å²) in [6.07, 6.45) is 0. The number of esters is 1. The van der Waals surface area contributed by atoms with Crippen LogP contribution in [0.15, 0.2) is 59.2 Å². The van der Waals surface area contributed by atoms with Crippen LogP contribution in [-0.4, -0.2) is 34.0 Å². The third-order valence-corrected chi connectivity index (χ3v) is 4.16. The summed E-state index contributed by atoms with van der Waals surface area (Å²) >= 11 is 0. The van der Waals surface area contributed by atoms with E-state index in [4.69, 9.17) is 4.74 Å². The normalized spacial score (nSPS) is 14.4. The fraction of sp³-hybridized carbons (Fsp3) is 0.105. The molecule has 12 heteroatoms. The number of carbonyl (C=O) groups excluding carboxylic acids is 2. The van der Waals surface area contributed by atoms with E-state index >= 15 is 0 Å². The van der Waals surface area contributed by atoms with Crippen LogP contribution in [0.2, 0.25) is 0 Å². The first kappa shape index (κ1) is 21.1. The zero-order chi connectivity index (χ0) is 22.5. The standard InChI is InChI=1S/C19H15N5O7/c1-2-31-19(26)15-16(11-6-4-3-5-7-11)20-18(25)17(15)22-21-13-9-8-12(23(27)28)10-14(13)24(29)30/h3-10,21H,2H2,1H3,(H,20,22,25). The Bertz CT molecular complexity index is 1140. The fourth-order valence-corrected chi connectivity index (χ4v) is 2.79. The Kier molecular flexibility index (Phi) is 6.00. The van der Waals surface area contributed by atoms with E-state index in [1.165, 1.54) is 0 Å². The molecule has 2 N–H and O–H groups in total. The second-order valence-electron chi connectivity index (χ2n) is 6.08. The molecule has 0 radical (unpaired) electrons. The van der Waals surface area contributed by atoms with Gasteiger partial charge in [-0.15, -0.1) is 0 Å². The van der Waals surface area contributed by atoms with Gasteiger partial charge in [-0.25, -0.2) is 4.79 Å². The number of hydrogen-bond acceptors (Lipinski definition) is 9. The number of nitro benzene ring substituents is 2. The quantitative estimate of drug-likeness (QED) is 0.387. The number of carbonyl (C=O) groups is 2. The van der Waals surface area contributed by atoms with Crippen molar-refractivity contribution in [3.05, 3.63) is 79.9 Å². The van der Waals surface area contributed by atoms with E-state index in [2.05, 4.69) is 15.8 Å². The van der Waals surface area contributed by atoms with Crippen LogP contribution in [-0.2, 0) is 14.3 Å². The molecule has 0 aromatic heterocycles. The van der Waals surface area contributed by atoms with Gasteiger partial charge >= 0.3 is 11.7 Å². The molecule has 1 amide bonds. The molecule has 0 atom stereocenters. The highest BCUT2D eigenvalue weighted by Gasteiger charge is 2.36. The number of nitro groups is 2. The third kappa shape index (κ3) is 4.37. The molecular formula is C19H15N5O7. The zero-order valence-electron chi connectivity index (χ0n) is 16.0. The number of hydrazone groups is 1. The van der Waals surface area contributed by atoms with Gasteiger partial charge in [0.15, 0.2) is 5.71 Å². The molecule has 0 bridgehead atoms. The van der Waals surface area contributed by atoms with E-state index in [0.29, 0.717) is 5.56 Å². The molecule has 1 aliphatic rings. The molecule has 158 valence electrons. The number of hydrogen-bond donors (Lipinski definition) is 2. The van der Waals surface area contributed by atoms with E-state index in [1.54, 1.807) is 37.3 Å². The van der Waals surface area contributed by atoms with Crippen molar-refractivity contribution in [3.63, 3.8) is 0 Å². The Morgan fingerprint density at radius 2 is 1.84 bits per heavy atom. The van der Waals surface area contributed by atoms with E-state index in [1.807, 2.05) is 0 Å². The predicted octanol–water partition coefficient (Wildman–Crippen LogP) is 2.38. The lowest BCUT2D eigenvalue weighted by Gasteiger charge is -2.07. The highest BCUT2D eigenvalue weighted by atomic mass is 16.6. The molecule has 0 aliphatic carbocycles. The molecule has 31 heavy (non-hydrogen) atoms. The van der Waals surface area contributed by atoms with Gasteiger partial charge in [0, 0.05) is 6.07 Å². The Hall–Kier alpha value is -4.61. The Morgan fingerprint density at radius 1 is 1.13 bits per heavy atom. The third-order valence-electron chi connectivity index (χ3n) is 4.16. The summed E-state index contributed by atoms with van der Waals surface area (Å²) in [6.45, 7) is 1.65. The van der Waals surface area contributed by atoms with Gasteiger partial charge in [0.1, 0.15) is 11.3 Å². The monoisotopic (exact) mass is 425 g/mol. The summed E-state index contributed by atoms with van der Waals surface area (Å²) in [5.74, 6) is -1.53. The van der Waals surface area contributed by atoms with Gasteiger partial charge in [-0.2, -0.15) is 5.10 Å². The molecule has 2 aromatic rings. The summed E-state index contributed by atoms with van der Waals surface area (Å²) in [7, 11) is 0. The van der Waals surface area contributed by atoms with Gasteiger partial charge in [-0.3, -0.25) is 30.4 Å². The maximum atomic E-state index is 12.5. The number of rotatable bonds is 7. The molecule has 0 saturated heterocycles. The van der Waals surface area contributed by atoms with Crippen LogP contribution in [0.3, 0.4) is 0 Å². The van der Waals surface area contributed by atoms with Crippen LogP contribution >= 0.6 is 0 Å². The first-order valence-corrected chi connectivity index (χ1v) is 8.88. The lowest BCUT2D eigenvalue weighted by molar-refractivity contribution is -0.393. The van der Waals surface area contributed by atoms with Crippen molar-refractivity contribution in [2.75, 3.05) is 12.0 Å². The van der Waals surface area contributed by atoms with Crippen molar-refractivity contribution in [2.45, 2.75) is 6.92 Å². The first-order valence-electron chi connectivity index (χ1n) is 8.88. The van der Waals surface area contributed by atoms with Crippen LogP contribution in [0.5, 0.6) is 0 Å². The van der Waals surface area contributed by atoms with Gasteiger partial charge in [-0.1, -0.05) is 30.3 Å². The minimum atomic E-state index is -0.832.